The van der Waals surface area contributed by atoms with E-state index in [2.05, 4.69) is 34.1 Å². The van der Waals surface area contributed by atoms with Crippen molar-refractivity contribution < 1.29 is 9.53 Å². The van der Waals surface area contributed by atoms with Crippen LogP contribution < -0.4 is 11.1 Å². The Bertz CT molecular complexity index is 464. The van der Waals surface area contributed by atoms with Gasteiger partial charge < -0.3 is 15.8 Å². The largest absolute Gasteiger partial charge is 0.469 e. The minimum Gasteiger partial charge on any atom is -0.469 e. The molecule has 0 saturated heterocycles. The minimum atomic E-state index is -0.184. The SMILES string of the molecule is CCc1cccc(NC(N)=NCCCCC(=O)OC)c1.I. The van der Waals surface area contributed by atoms with Crippen molar-refractivity contribution in [3.8, 4) is 0 Å². The molecule has 0 saturated carbocycles. The second kappa shape index (κ2) is 11.4. The summed E-state index contributed by atoms with van der Waals surface area (Å²) in [6, 6.07) is 8.08. The summed E-state index contributed by atoms with van der Waals surface area (Å²) in [5.41, 5.74) is 8.01. The molecule has 3 N–H and O–H groups in total. The van der Waals surface area contributed by atoms with E-state index in [0.29, 0.717) is 18.9 Å². The average Bonchev–Trinajstić information content (AvgIpc) is 2.46. The highest BCUT2D eigenvalue weighted by molar-refractivity contribution is 14.0. The standard InChI is InChI=1S/C15H23N3O2.HI/c1-3-12-7-6-8-13(11-12)18-15(16)17-10-5-4-9-14(19)20-2;/h6-8,11H,3-5,9-10H2,1-2H3,(H3,16,17,18);1H. The molecule has 0 fully saturated rings. The number of aryl methyl sites for hydroxylation is 1. The average molecular weight is 405 g/mol. The minimum absolute atomic E-state index is 0. The Hall–Kier alpha value is -1.31. The normalized spacial score (nSPS) is 10.7. The zero-order valence-corrected chi connectivity index (χ0v) is 14.9. The molecule has 0 bridgehead atoms. The van der Waals surface area contributed by atoms with Gasteiger partial charge in [-0.15, -0.1) is 24.0 Å². The van der Waals surface area contributed by atoms with E-state index in [1.165, 1.54) is 12.7 Å². The number of unbranched alkanes of at least 4 members (excludes halogenated alkanes) is 1. The van der Waals surface area contributed by atoms with E-state index < -0.39 is 0 Å². The topological polar surface area (TPSA) is 76.7 Å². The van der Waals surface area contributed by atoms with Gasteiger partial charge in [-0.25, -0.2) is 0 Å². The number of rotatable bonds is 7. The van der Waals surface area contributed by atoms with E-state index >= 15 is 0 Å². The third-order valence-electron chi connectivity index (χ3n) is 2.91. The van der Waals surface area contributed by atoms with Crippen LogP contribution in [0.15, 0.2) is 29.3 Å². The molecule has 0 aromatic heterocycles. The first-order valence-corrected chi connectivity index (χ1v) is 6.88. The van der Waals surface area contributed by atoms with Gasteiger partial charge in [0.2, 0.25) is 0 Å². The van der Waals surface area contributed by atoms with Crippen LogP contribution in [0.25, 0.3) is 0 Å². The lowest BCUT2D eigenvalue weighted by atomic mass is 10.1. The van der Waals surface area contributed by atoms with Crippen molar-refractivity contribution in [2.24, 2.45) is 10.7 Å². The first-order chi connectivity index (χ1) is 9.65. The number of hydrogen-bond donors (Lipinski definition) is 2. The molecule has 118 valence electrons. The molecule has 1 rings (SSSR count). The third-order valence-corrected chi connectivity index (χ3v) is 2.91. The predicted molar refractivity (Wildman–Crippen MR) is 97.2 cm³/mol. The Labute approximate surface area is 143 Å². The second-order valence-electron chi connectivity index (χ2n) is 4.48. The van der Waals surface area contributed by atoms with Gasteiger partial charge in [-0.1, -0.05) is 19.1 Å². The molecule has 0 heterocycles. The Morgan fingerprint density at radius 1 is 1.38 bits per heavy atom. The van der Waals surface area contributed by atoms with E-state index in [1.54, 1.807) is 0 Å². The van der Waals surface area contributed by atoms with E-state index in [0.717, 1.165) is 24.9 Å². The molecule has 0 radical (unpaired) electrons. The molecule has 6 heteroatoms. The summed E-state index contributed by atoms with van der Waals surface area (Å²) in [7, 11) is 1.40. The van der Waals surface area contributed by atoms with Gasteiger partial charge in [0.25, 0.3) is 0 Å². The second-order valence-corrected chi connectivity index (χ2v) is 4.48. The molecule has 5 nitrogen and oxygen atoms in total. The highest BCUT2D eigenvalue weighted by Gasteiger charge is 1.99. The fraction of sp³-hybridized carbons (Fsp3) is 0.467. The zero-order chi connectivity index (χ0) is 14.8. The number of anilines is 1. The fourth-order valence-electron chi connectivity index (χ4n) is 1.74. The smallest absolute Gasteiger partial charge is 0.305 e. The van der Waals surface area contributed by atoms with Crippen molar-refractivity contribution in [3.63, 3.8) is 0 Å². The van der Waals surface area contributed by atoms with Crippen molar-refractivity contribution in [1.29, 1.82) is 0 Å². The summed E-state index contributed by atoms with van der Waals surface area (Å²) in [4.78, 5) is 15.1. The third kappa shape index (κ3) is 8.54. The first-order valence-electron chi connectivity index (χ1n) is 6.88. The number of nitrogens with one attached hydrogen (secondary N) is 1. The summed E-state index contributed by atoms with van der Waals surface area (Å²) < 4.78 is 4.57. The maximum absolute atomic E-state index is 10.9. The van der Waals surface area contributed by atoms with Gasteiger partial charge >= 0.3 is 5.97 Å². The summed E-state index contributed by atoms with van der Waals surface area (Å²) in [6.45, 7) is 2.71. The van der Waals surface area contributed by atoms with Gasteiger partial charge in [0, 0.05) is 18.7 Å². The summed E-state index contributed by atoms with van der Waals surface area (Å²) in [5, 5.41) is 3.06. The Balaban J connectivity index is 0.00000400. The number of nitrogens with two attached hydrogens (primary N) is 1. The predicted octanol–water partition coefficient (Wildman–Crippen LogP) is 2.94. The first kappa shape index (κ1) is 19.7. The summed E-state index contributed by atoms with van der Waals surface area (Å²) in [6.07, 6.45) is 2.99. The molecular weight excluding hydrogens is 381 g/mol. The van der Waals surface area contributed by atoms with Gasteiger partial charge in [0.05, 0.1) is 7.11 Å². The lowest BCUT2D eigenvalue weighted by Crippen LogP contribution is -2.22. The number of esters is 1. The van der Waals surface area contributed by atoms with Crippen LogP contribution in [-0.2, 0) is 16.0 Å². The van der Waals surface area contributed by atoms with Gasteiger partial charge in [-0.2, -0.15) is 0 Å². The van der Waals surface area contributed by atoms with Gasteiger partial charge in [-0.05, 0) is 37.0 Å². The van der Waals surface area contributed by atoms with Gasteiger partial charge in [0.15, 0.2) is 5.96 Å². The maximum Gasteiger partial charge on any atom is 0.305 e. The number of benzene rings is 1. The molecule has 21 heavy (non-hydrogen) atoms. The molecule has 0 aliphatic carbocycles. The number of carbonyl (C=O) groups excluding carboxylic acids is 1. The maximum atomic E-state index is 10.9. The summed E-state index contributed by atoms with van der Waals surface area (Å²) >= 11 is 0. The molecule has 1 aromatic rings. The number of nitrogens with zero attached hydrogens (tertiary/aromatic N) is 1. The number of guanidine groups is 1. The highest BCUT2D eigenvalue weighted by atomic mass is 127. The Kier molecular flexibility index (Phi) is 10.7. The Morgan fingerprint density at radius 2 is 2.14 bits per heavy atom. The van der Waals surface area contributed by atoms with Crippen LogP contribution in [0, 0.1) is 0 Å². The monoisotopic (exact) mass is 405 g/mol. The molecule has 1 aromatic carbocycles. The van der Waals surface area contributed by atoms with Crippen molar-refractivity contribution >= 4 is 41.6 Å². The van der Waals surface area contributed by atoms with Crippen LogP contribution in [0.5, 0.6) is 0 Å². The van der Waals surface area contributed by atoms with Crippen LogP contribution >= 0.6 is 24.0 Å². The van der Waals surface area contributed by atoms with Gasteiger partial charge in [0.1, 0.15) is 0 Å². The lowest BCUT2D eigenvalue weighted by molar-refractivity contribution is -0.140. The number of hydrogen-bond acceptors (Lipinski definition) is 3. The molecular formula is C15H24IN3O2. The van der Waals surface area contributed by atoms with Crippen LogP contribution in [0.3, 0.4) is 0 Å². The number of halogens is 1. The van der Waals surface area contributed by atoms with Crippen molar-refractivity contribution in [2.75, 3.05) is 19.0 Å². The van der Waals surface area contributed by atoms with Crippen LogP contribution in [-0.4, -0.2) is 25.6 Å². The number of ether oxygens (including phenoxy) is 1. The number of methoxy groups -OCH3 is 1. The fourth-order valence-corrected chi connectivity index (χ4v) is 1.74. The molecule has 0 aliphatic rings. The number of aliphatic imine (C=N–C) groups is 1. The van der Waals surface area contributed by atoms with E-state index in [1.807, 2.05) is 12.1 Å². The molecule has 0 atom stereocenters. The van der Waals surface area contributed by atoms with E-state index in [-0.39, 0.29) is 29.9 Å². The zero-order valence-electron chi connectivity index (χ0n) is 12.6. The molecule has 0 aliphatic heterocycles. The van der Waals surface area contributed by atoms with Crippen LogP contribution in [0.4, 0.5) is 5.69 Å². The Morgan fingerprint density at radius 3 is 2.81 bits per heavy atom. The summed E-state index contributed by atoms with van der Waals surface area (Å²) in [5.74, 6) is 0.216. The molecule has 0 amide bonds. The van der Waals surface area contributed by atoms with Crippen molar-refractivity contribution in [3.05, 3.63) is 29.8 Å². The number of carbonyl (C=O) groups is 1. The van der Waals surface area contributed by atoms with Crippen molar-refractivity contribution in [2.45, 2.75) is 32.6 Å². The molecule has 0 unspecified atom stereocenters. The van der Waals surface area contributed by atoms with Crippen LogP contribution in [0.2, 0.25) is 0 Å². The quantitative estimate of drug-likeness (QED) is 0.241. The molecule has 0 spiro atoms. The van der Waals surface area contributed by atoms with Crippen LogP contribution in [0.1, 0.15) is 31.7 Å². The van der Waals surface area contributed by atoms with E-state index in [9.17, 15) is 4.79 Å². The lowest BCUT2D eigenvalue weighted by Gasteiger charge is -2.07. The van der Waals surface area contributed by atoms with E-state index in [4.69, 9.17) is 5.73 Å². The highest BCUT2D eigenvalue weighted by Crippen LogP contribution is 2.10. The van der Waals surface area contributed by atoms with Gasteiger partial charge in [-0.3, -0.25) is 9.79 Å². The van der Waals surface area contributed by atoms with Crippen molar-refractivity contribution in [1.82, 2.24) is 0 Å².